The first-order valence-electron chi connectivity index (χ1n) is 20.2. The van der Waals surface area contributed by atoms with Crippen molar-refractivity contribution in [1.29, 1.82) is 0 Å². The third-order valence-corrected chi connectivity index (χ3v) is 7.58. The van der Waals surface area contributed by atoms with Gasteiger partial charge in [0.1, 0.15) is 0 Å². The summed E-state index contributed by atoms with van der Waals surface area (Å²) < 4.78 is 0. The predicted octanol–water partition coefficient (Wildman–Crippen LogP) is -6.90. The van der Waals surface area contributed by atoms with Gasteiger partial charge in [0.05, 0.1) is 97.4 Å². The minimum absolute atomic E-state index is 0. The smallest absolute Gasteiger partial charge is 0.512 e. The third-order valence-electron chi connectivity index (χ3n) is 7.58. The van der Waals surface area contributed by atoms with E-state index in [1.807, 2.05) is 0 Å². The predicted molar refractivity (Wildman–Crippen MR) is 235 cm³/mol. The Balaban J connectivity index is -0.000000134. The van der Waals surface area contributed by atoms with Crippen LogP contribution in [0.5, 0.6) is 0 Å². The van der Waals surface area contributed by atoms with E-state index in [1.54, 1.807) is 0 Å². The van der Waals surface area contributed by atoms with Crippen molar-refractivity contribution in [3.8, 4) is 0 Å². The van der Waals surface area contributed by atoms with Crippen molar-refractivity contribution >= 4 is 77.6 Å². The molecular formula is C37H62Cu4N8O27+6. The quantitative estimate of drug-likeness (QED) is 0.0154. The molecule has 35 nitrogen and oxygen atoms in total. The van der Waals surface area contributed by atoms with Gasteiger partial charge in [-0.3, -0.25) is 91.7 Å². The van der Waals surface area contributed by atoms with Crippen LogP contribution in [-0.4, -0.2) is 322 Å². The number of nitrogens with zero attached hydrogens (tertiary/aromatic N) is 6. The van der Waals surface area contributed by atoms with Gasteiger partial charge in [-0.1, -0.05) is 6.58 Å². The van der Waals surface area contributed by atoms with Crippen molar-refractivity contribution in [1.82, 2.24) is 40.0 Å². The Hall–Kier alpha value is -5.59. The largest absolute Gasteiger partial charge is 2.00 e. The fourth-order valence-corrected chi connectivity index (χ4v) is 5.08. The van der Waals surface area contributed by atoms with Gasteiger partial charge in [-0.05, 0) is 0 Å². The van der Waals surface area contributed by atoms with Crippen LogP contribution < -0.4 is 10.6 Å². The monoisotopic (exact) mass is 1300 g/mol. The molecule has 2 radical (unpaired) electrons. The van der Waals surface area contributed by atoms with E-state index in [2.05, 4.69) is 17.2 Å². The van der Waals surface area contributed by atoms with Crippen LogP contribution in [0.15, 0.2) is 12.3 Å². The fraction of sp³-hybridized carbons (Fsp3) is 0.595. The summed E-state index contributed by atoms with van der Waals surface area (Å²) in [5, 5.41) is 125. The number of hydrogen-bond donors (Lipinski definition) is 16. The number of carbonyl (C=O) groups is 13. The van der Waals surface area contributed by atoms with Crippen LogP contribution in [0.1, 0.15) is 0 Å². The second-order valence-corrected chi connectivity index (χ2v) is 14.3. The van der Waals surface area contributed by atoms with Crippen LogP contribution >= 0.6 is 0 Å². The minimum Gasteiger partial charge on any atom is -0.512 e. The Kier molecular flexibility index (Phi) is 60.5. The number of nitrogens with one attached hydrogen (secondary N) is 2. The van der Waals surface area contributed by atoms with E-state index in [4.69, 9.17) is 71.5 Å². The first kappa shape index (κ1) is 87.1. The molecule has 0 heterocycles. The molecule has 39 heteroatoms. The van der Waals surface area contributed by atoms with E-state index in [0.29, 0.717) is 0 Å². The number of aliphatic hydroxyl groups excluding tert-OH is 1. The Morgan fingerprint density at radius 1 is 0.263 bits per heavy atom. The zero-order chi connectivity index (χ0) is 56.5. The molecule has 450 valence electrons. The van der Waals surface area contributed by atoms with Crippen LogP contribution in [0.3, 0.4) is 0 Å². The zero-order valence-electron chi connectivity index (χ0n) is 39.7. The van der Waals surface area contributed by atoms with E-state index >= 15 is 0 Å². The standard InChI is InChI=1S/C11H18N2O7.C10H16N2O8.2C8H14N2O6.4Cu/c1-8(14)4-12(5-9(15)16)2-3-13(6-10(17)18)7-11(19)20;13-7(14)3-11(4-8(15)16)1-2-12(5-9(17)18)6-10(19)20;2*11-6(12)3-9-1-2-10(4-7(13)14)5-8(15)16;;;;/h14H,1-7H2,(H,15,16)(H,17,18)(H,19,20);1-6H2,(H,13,14)(H,15,16)(H,17,18)(H,19,20);2*9H,1-5H2,(H,11,12)(H,13,14)(H,15,16);;;;/q;;;;2*+1;2*+2. The van der Waals surface area contributed by atoms with Crippen LogP contribution in [0, 0.1) is 0 Å². The summed E-state index contributed by atoms with van der Waals surface area (Å²) >= 11 is 0. The Morgan fingerprint density at radius 2 is 0.408 bits per heavy atom. The molecule has 0 aliphatic heterocycles. The number of carboxylic acid groups (broad SMARTS) is 13. The molecule has 0 aromatic carbocycles. The van der Waals surface area contributed by atoms with E-state index in [0.717, 1.165) is 14.7 Å². The molecule has 0 aromatic rings. The molecule has 0 aliphatic rings. The topological polar surface area (TPSA) is 549 Å². The fourth-order valence-electron chi connectivity index (χ4n) is 5.08. The van der Waals surface area contributed by atoms with Gasteiger partial charge in [0, 0.05) is 52.4 Å². The molecule has 0 rings (SSSR count). The molecule has 0 amide bonds. The average Bonchev–Trinajstić information content (AvgIpc) is 3.17. The maximum atomic E-state index is 10.6. The summed E-state index contributed by atoms with van der Waals surface area (Å²) in [5.74, 6) is -15.2. The molecule has 16 N–H and O–H groups in total. The first-order valence-corrected chi connectivity index (χ1v) is 20.2. The second-order valence-electron chi connectivity index (χ2n) is 14.3. The Bertz CT molecular complexity index is 1530. The Morgan fingerprint density at radius 3 is 0.539 bits per heavy atom. The van der Waals surface area contributed by atoms with Gasteiger partial charge in [-0.25, -0.2) is 0 Å². The number of aliphatic hydroxyl groups is 1. The van der Waals surface area contributed by atoms with E-state index in [9.17, 15) is 62.3 Å². The molecule has 0 atom stereocenters. The van der Waals surface area contributed by atoms with Crippen molar-refractivity contribution in [2.24, 2.45) is 0 Å². The summed E-state index contributed by atoms with van der Waals surface area (Å²) in [6.45, 7) is -1.54. The summed E-state index contributed by atoms with van der Waals surface area (Å²) in [6.07, 6.45) is 0. The van der Waals surface area contributed by atoms with Gasteiger partial charge in [0.2, 0.25) is 0 Å². The molecule has 76 heavy (non-hydrogen) atoms. The number of rotatable bonds is 40. The number of carboxylic acids is 13. The molecule has 0 aliphatic carbocycles. The first-order chi connectivity index (χ1) is 33.2. The molecule has 0 saturated carbocycles. The average molecular weight is 1310 g/mol. The van der Waals surface area contributed by atoms with Crippen molar-refractivity contribution in [3.05, 3.63) is 12.3 Å². The maximum Gasteiger partial charge on any atom is 2.00 e. The molecule has 0 unspecified atom stereocenters. The van der Waals surface area contributed by atoms with Crippen LogP contribution in [-0.2, 0) is 131 Å². The number of aliphatic carboxylic acids is 13. The van der Waals surface area contributed by atoms with Crippen LogP contribution in [0.25, 0.3) is 0 Å². The van der Waals surface area contributed by atoms with Crippen molar-refractivity contribution in [2.45, 2.75) is 0 Å². The molecule has 0 aromatic heterocycles. The van der Waals surface area contributed by atoms with Gasteiger partial charge in [-0.15, -0.1) is 0 Å². The second kappa shape index (κ2) is 52.8. The van der Waals surface area contributed by atoms with Gasteiger partial charge in [0.15, 0.2) is 0 Å². The number of hydrogen-bond acceptors (Lipinski definition) is 22. The van der Waals surface area contributed by atoms with Gasteiger partial charge >= 0.3 is 146 Å². The van der Waals surface area contributed by atoms with Crippen molar-refractivity contribution < 1.29 is 202 Å². The molecule has 0 saturated heterocycles. The van der Waals surface area contributed by atoms with Crippen LogP contribution in [0.2, 0.25) is 0 Å². The SMILES string of the molecule is C=C(O)CN(CCN(CC(=O)O)CC(=O)O)CC(=O)O.O=C(O)CN(CCN(CC(=O)O)CC(=O)O)CC(=O)O.O=C(O)CNCCN(CC(=O)O)CC(=O)O.O=C(O)CNCCN(CC(=O)O)CC(=O)O.[Cu+2].[Cu+2].[Cu+].[Cu+]. The van der Waals surface area contributed by atoms with E-state index in [-0.39, 0.29) is 179 Å². The summed E-state index contributed by atoms with van der Waals surface area (Å²) in [5.41, 5.74) is 0. The van der Waals surface area contributed by atoms with Gasteiger partial charge in [-0.2, -0.15) is 0 Å². The third kappa shape index (κ3) is 70.5. The normalized spacial score (nSPS) is 9.97. The zero-order valence-corrected chi connectivity index (χ0v) is 43.5. The van der Waals surface area contributed by atoms with E-state index < -0.39 is 117 Å². The summed E-state index contributed by atoms with van der Waals surface area (Å²) in [6, 6.07) is 0. The minimum atomic E-state index is -1.23. The summed E-state index contributed by atoms with van der Waals surface area (Å²) in [4.78, 5) is 143. The molecular weight excluding hydrogens is 1240 g/mol. The van der Waals surface area contributed by atoms with Gasteiger partial charge in [0.25, 0.3) is 0 Å². The van der Waals surface area contributed by atoms with E-state index in [1.165, 1.54) is 14.7 Å². The summed E-state index contributed by atoms with van der Waals surface area (Å²) in [7, 11) is 0. The molecule has 0 bridgehead atoms. The Labute approximate surface area is 473 Å². The molecule has 0 spiro atoms. The van der Waals surface area contributed by atoms with Crippen molar-refractivity contribution in [2.75, 3.05) is 144 Å². The van der Waals surface area contributed by atoms with Gasteiger partial charge < -0.3 is 82.1 Å². The molecule has 0 fully saturated rings. The van der Waals surface area contributed by atoms with Crippen LogP contribution in [0.4, 0.5) is 0 Å². The maximum absolute atomic E-state index is 10.6. The van der Waals surface area contributed by atoms with Crippen molar-refractivity contribution in [3.63, 3.8) is 0 Å².